The summed E-state index contributed by atoms with van der Waals surface area (Å²) >= 11 is 0. The molecule has 1 aromatic rings. The molecule has 0 aliphatic carbocycles. The minimum absolute atomic E-state index is 0. The zero-order valence-electron chi connectivity index (χ0n) is 15.3. The number of hydrogen-bond acceptors (Lipinski definition) is 3. The fourth-order valence-corrected chi connectivity index (χ4v) is 3.24. The van der Waals surface area contributed by atoms with E-state index in [-0.39, 0.29) is 35.8 Å². The predicted octanol–water partition coefficient (Wildman–Crippen LogP) is 2.91. The largest absolute Gasteiger partial charge is 0.348 e. The number of piperidine rings is 1. The van der Waals surface area contributed by atoms with Gasteiger partial charge in [0.05, 0.1) is 12.6 Å². The summed E-state index contributed by atoms with van der Waals surface area (Å²) in [6.45, 7) is 10.8. The summed E-state index contributed by atoms with van der Waals surface area (Å²) in [5.41, 5.74) is 8.70. The third kappa shape index (κ3) is 5.47. The van der Waals surface area contributed by atoms with Gasteiger partial charge in [-0.2, -0.15) is 0 Å². The van der Waals surface area contributed by atoms with Crippen molar-refractivity contribution in [3.63, 3.8) is 0 Å². The highest BCUT2D eigenvalue weighted by molar-refractivity contribution is 5.85. The summed E-state index contributed by atoms with van der Waals surface area (Å²) < 4.78 is 0. The molecule has 2 unspecified atom stereocenters. The molecule has 1 aromatic carbocycles. The van der Waals surface area contributed by atoms with Crippen molar-refractivity contribution in [2.45, 2.75) is 52.6 Å². The van der Waals surface area contributed by atoms with Crippen molar-refractivity contribution in [3.05, 3.63) is 35.4 Å². The molecule has 1 heterocycles. The second-order valence-electron chi connectivity index (χ2n) is 7.48. The lowest BCUT2D eigenvalue weighted by Crippen LogP contribution is -2.54. The number of likely N-dealkylation sites (tertiary alicyclic amines) is 1. The summed E-state index contributed by atoms with van der Waals surface area (Å²) in [7, 11) is 0. The van der Waals surface area contributed by atoms with E-state index in [0.29, 0.717) is 6.54 Å². The Morgan fingerprint density at radius 2 is 2.00 bits per heavy atom. The molecule has 0 aromatic heterocycles. The molecule has 1 aliphatic heterocycles. The summed E-state index contributed by atoms with van der Waals surface area (Å²) in [5, 5.41) is 3.11. The average Bonchev–Trinajstić information content (AvgIpc) is 2.50. The van der Waals surface area contributed by atoms with E-state index in [9.17, 15) is 4.79 Å². The average molecular weight is 354 g/mol. The van der Waals surface area contributed by atoms with Crippen LogP contribution in [0, 0.1) is 5.41 Å². The van der Waals surface area contributed by atoms with E-state index in [0.717, 1.165) is 31.5 Å². The molecule has 1 fully saturated rings. The van der Waals surface area contributed by atoms with Crippen molar-refractivity contribution >= 4 is 18.3 Å². The van der Waals surface area contributed by atoms with Gasteiger partial charge in [0.2, 0.25) is 5.91 Å². The first kappa shape index (κ1) is 20.9. The Kier molecular flexibility index (Phi) is 7.71. The van der Waals surface area contributed by atoms with Crippen LogP contribution in [0.4, 0.5) is 0 Å². The maximum absolute atomic E-state index is 12.3. The quantitative estimate of drug-likeness (QED) is 0.855. The number of nitrogens with zero attached hydrogens (tertiary/aromatic N) is 1. The molecule has 136 valence electrons. The Balaban J connectivity index is 0.00000288. The third-order valence-corrected chi connectivity index (χ3v) is 5.02. The van der Waals surface area contributed by atoms with E-state index < -0.39 is 0 Å². The minimum atomic E-state index is 0. The van der Waals surface area contributed by atoms with Gasteiger partial charge in [-0.25, -0.2) is 0 Å². The van der Waals surface area contributed by atoms with Gasteiger partial charge in [-0.1, -0.05) is 45.0 Å². The number of nitrogens with two attached hydrogens (primary N) is 1. The molecule has 5 heteroatoms. The van der Waals surface area contributed by atoms with Crippen LogP contribution in [0.1, 0.15) is 51.3 Å². The maximum atomic E-state index is 12.3. The molecule has 3 N–H and O–H groups in total. The second-order valence-corrected chi connectivity index (χ2v) is 7.48. The van der Waals surface area contributed by atoms with Crippen LogP contribution in [0.2, 0.25) is 0 Å². The van der Waals surface area contributed by atoms with Crippen molar-refractivity contribution in [1.29, 1.82) is 0 Å². The van der Waals surface area contributed by atoms with Crippen molar-refractivity contribution in [1.82, 2.24) is 10.2 Å². The molecule has 4 nitrogen and oxygen atoms in total. The monoisotopic (exact) mass is 353 g/mol. The van der Waals surface area contributed by atoms with E-state index in [1.165, 1.54) is 5.56 Å². The topological polar surface area (TPSA) is 58.4 Å². The van der Waals surface area contributed by atoms with Crippen LogP contribution in [-0.2, 0) is 11.2 Å². The van der Waals surface area contributed by atoms with Gasteiger partial charge in [-0.05, 0) is 36.3 Å². The highest BCUT2D eigenvalue weighted by Crippen LogP contribution is 2.27. The summed E-state index contributed by atoms with van der Waals surface area (Å²) in [5.74, 6) is 0.0864. The number of halogens is 1. The van der Waals surface area contributed by atoms with Crippen LogP contribution < -0.4 is 11.1 Å². The van der Waals surface area contributed by atoms with Gasteiger partial charge in [0, 0.05) is 19.1 Å². The van der Waals surface area contributed by atoms with Crippen LogP contribution in [0.25, 0.3) is 0 Å². The maximum Gasteiger partial charge on any atom is 0.234 e. The Morgan fingerprint density at radius 1 is 1.38 bits per heavy atom. The Bertz CT molecular complexity index is 530. The van der Waals surface area contributed by atoms with Crippen LogP contribution in [0.3, 0.4) is 0 Å². The highest BCUT2D eigenvalue weighted by atomic mass is 35.5. The molecule has 0 radical (unpaired) electrons. The van der Waals surface area contributed by atoms with Gasteiger partial charge < -0.3 is 11.1 Å². The summed E-state index contributed by atoms with van der Waals surface area (Å²) in [6.07, 6.45) is 1.99. The minimum Gasteiger partial charge on any atom is -0.348 e. The first-order valence-electron chi connectivity index (χ1n) is 8.68. The lowest BCUT2D eigenvalue weighted by atomic mass is 9.80. The fourth-order valence-electron chi connectivity index (χ4n) is 3.24. The number of aryl methyl sites for hydroxylation is 1. The number of hydrogen-bond donors (Lipinski definition) is 2. The van der Waals surface area contributed by atoms with Crippen LogP contribution >= 0.6 is 12.4 Å². The van der Waals surface area contributed by atoms with Gasteiger partial charge in [0.25, 0.3) is 0 Å². The SMILES string of the molecule is CCc1ccc(C(C)NC(=O)CN2CCC(N)C(C)(C)C2)cc1.Cl. The second kappa shape index (κ2) is 8.84. The smallest absolute Gasteiger partial charge is 0.234 e. The number of rotatable bonds is 5. The lowest BCUT2D eigenvalue weighted by molar-refractivity contribution is -0.123. The molecule has 2 rings (SSSR count). The number of amides is 1. The summed E-state index contributed by atoms with van der Waals surface area (Å²) in [6, 6.07) is 8.73. The third-order valence-electron chi connectivity index (χ3n) is 5.02. The van der Waals surface area contributed by atoms with Crippen molar-refractivity contribution in [3.8, 4) is 0 Å². The van der Waals surface area contributed by atoms with Gasteiger partial charge in [-0.15, -0.1) is 12.4 Å². The van der Waals surface area contributed by atoms with Gasteiger partial charge in [0.1, 0.15) is 0 Å². The van der Waals surface area contributed by atoms with E-state index in [1.54, 1.807) is 0 Å². The molecule has 0 bridgehead atoms. The predicted molar refractivity (Wildman–Crippen MR) is 102 cm³/mol. The zero-order valence-corrected chi connectivity index (χ0v) is 16.2. The normalized spacial score (nSPS) is 21.6. The molecular weight excluding hydrogens is 322 g/mol. The van der Waals surface area contributed by atoms with E-state index >= 15 is 0 Å². The summed E-state index contributed by atoms with van der Waals surface area (Å²) in [4.78, 5) is 14.5. The Hall–Kier alpha value is -1.10. The fraction of sp³-hybridized carbons (Fsp3) is 0.632. The standard InChI is InChI=1S/C19H31N3O.ClH/c1-5-15-6-8-16(9-7-15)14(2)21-18(23)12-22-11-10-17(20)19(3,4)13-22;/h6-9,14,17H,5,10-13,20H2,1-4H3,(H,21,23);1H. The van der Waals surface area contributed by atoms with Crippen molar-refractivity contribution in [2.24, 2.45) is 11.1 Å². The van der Waals surface area contributed by atoms with Crippen molar-refractivity contribution in [2.75, 3.05) is 19.6 Å². The van der Waals surface area contributed by atoms with Crippen molar-refractivity contribution < 1.29 is 4.79 Å². The van der Waals surface area contributed by atoms with Gasteiger partial charge >= 0.3 is 0 Å². The first-order chi connectivity index (χ1) is 10.8. The molecule has 24 heavy (non-hydrogen) atoms. The first-order valence-corrected chi connectivity index (χ1v) is 8.68. The van der Waals surface area contributed by atoms with Crippen LogP contribution in [0.5, 0.6) is 0 Å². The highest BCUT2D eigenvalue weighted by Gasteiger charge is 2.33. The molecule has 1 saturated heterocycles. The molecule has 0 spiro atoms. The zero-order chi connectivity index (χ0) is 17.0. The molecule has 0 saturated carbocycles. The van der Waals surface area contributed by atoms with Crippen LogP contribution in [0.15, 0.2) is 24.3 Å². The molecule has 1 aliphatic rings. The number of carbonyl (C=O) groups excluding carboxylic acids is 1. The lowest BCUT2D eigenvalue weighted by Gasteiger charge is -2.42. The molecule has 1 amide bonds. The number of nitrogens with one attached hydrogen (secondary N) is 1. The molecule has 2 atom stereocenters. The Labute approximate surface area is 152 Å². The number of benzene rings is 1. The van der Waals surface area contributed by atoms with Gasteiger partial charge in [-0.3, -0.25) is 9.69 Å². The van der Waals surface area contributed by atoms with Gasteiger partial charge in [0.15, 0.2) is 0 Å². The van der Waals surface area contributed by atoms with Crippen LogP contribution in [-0.4, -0.2) is 36.5 Å². The molecular formula is C19H32ClN3O. The van der Waals surface area contributed by atoms with E-state index in [1.807, 2.05) is 6.92 Å². The Morgan fingerprint density at radius 3 is 2.54 bits per heavy atom. The number of carbonyl (C=O) groups is 1. The van der Waals surface area contributed by atoms with E-state index in [4.69, 9.17) is 5.73 Å². The van der Waals surface area contributed by atoms with E-state index in [2.05, 4.69) is 55.3 Å².